The highest BCUT2D eigenvalue weighted by Crippen LogP contribution is 2.65. The number of nitrogens with two attached hydrogens (primary N) is 1. The predicted octanol–water partition coefficient (Wildman–Crippen LogP) is 4.13. The van der Waals surface area contributed by atoms with E-state index in [0.717, 1.165) is 11.1 Å². The Hall–Kier alpha value is -9.52. The number of likely N-dealkylation sites (tertiary alicyclic amines) is 2. The van der Waals surface area contributed by atoms with Crippen molar-refractivity contribution in [2.24, 2.45) is 29.4 Å². The van der Waals surface area contributed by atoms with Crippen molar-refractivity contribution in [3.63, 3.8) is 0 Å². The fraction of sp³-hybridized carbons (Fsp3) is 0.526. The predicted molar refractivity (Wildman–Crippen MR) is 378 cm³/mol. The van der Waals surface area contributed by atoms with Crippen LogP contribution in [0.15, 0.2) is 121 Å². The van der Waals surface area contributed by atoms with Gasteiger partial charge in [-0.2, -0.15) is 0 Å². The molecule has 4 fully saturated rings. The molecule has 25 nitrogen and oxygen atoms in total. The average molecular weight is 1390 g/mol. The van der Waals surface area contributed by atoms with Gasteiger partial charge in [-0.15, -0.1) is 0 Å². The number of benzene rings is 4. The molecule has 0 spiro atoms. The fourth-order valence-corrected chi connectivity index (χ4v) is 14.8. The molecule has 0 radical (unpaired) electrons. The Morgan fingerprint density at radius 1 is 0.475 bits per heavy atom. The summed E-state index contributed by atoms with van der Waals surface area (Å²) in [5, 5.41) is 36.6. The number of hydrogen-bond acceptors (Lipinski definition) is 13. The lowest BCUT2D eigenvalue weighted by atomic mass is 9.98. The number of carboxylic acid groups (broad SMARTS) is 1. The summed E-state index contributed by atoms with van der Waals surface area (Å²) >= 11 is 0. The number of hydrogen-bond donors (Lipinski definition) is 11. The highest BCUT2D eigenvalue weighted by Gasteiger charge is 2.73. The highest BCUT2D eigenvalue weighted by atomic mass is 16.4. The molecule has 2 heterocycles. The Labute approximate surface area is 591 Å². The molecule has 0 bridgehead atoms. The summed E-state index contributed by atoms with van der Waals surface area (Å²) < 4.78 is 0. The van der Waals surface area contributed by atoms with Gasteiger partial charge >= 0.3 is 5.97 Å². The quantitative estimate of drug-likeness (QED) is 0.0224. The van der Waals surface area contributed by atoms with Crippen LogP contribution in [0.25, 0.3) is 0 Å². The van der Waals surface area contributed by atoms with Gasteiger partial charge in [0.05, 0.1) is 6.04 Å². The SMILES string of the molecule is CC(C)C[C@H](NC(=O)[C@H](CCCNC=O)NC(=O)[C@@H](NC(=O)C1(NC(=O)[C@H]2CCCN2C(=O)[C@H](CC(C)C)NC(=O)[C@H](CCCNC=O)NC(=O)[C@@H](N)C(C)C)[C@@H](c2ccccc2)[C@@H]1c1ccccc1)C(C)C)C(=O)N1CCC[C@@H]1C(=O)NC1(C(=O)O)[C@@H](c2ccccc2)[C@@H]1c1ccccc1. The van der Waals surface area contributed by atoms with Crippen LogP contribution in [-0.4, -0.2) is 172 Å². The number of nitrogens with one attached hydrogen (secondary N) is 9. The van der Waals surface area contributed by atoms with Gasteiger partial charge in [-0.05, 0) is 110 Å². The van der Waals surface area contributed by atoms with Gasteiger partial charge < -0.3 is 68.5 Å². The fourth-order valence-electron chi connectivity index (χ4n) is 14.8. The summed E-state index contributed by atoms with van der Waals surface area (Å²) in [5.74, 6) is -11.1. The van der Waals surface area contributed by atoms with E-state index >= 15 is 24.0 Å². The molecule has 544 valence electrons. The van der Waals surface area contributed by atoms with Crippen LogP contribution < -0.4 is 53.6 Å². The van der Waals surface area contributed by atoms with E-state index in [-0.39, 0.29) is 88.9 Å². The van der Waals surface area contributed by atoms with Crippen LogP contribution in [0.4, 0.5) is 0 Å². The van der Waals surface area contributed by atoms with Crippen LogP contribution in [0.1, 0.15) is 166 Å². The maximum atomic E-state index is 15.9. The number of amides is 11. The zero-order valence-corrected chi connectivity index (χ0v) is 59.2. The van der Waals surface area contributed by atoms with E-state index in [1.54, 1.807) is 27.7 Å². The van der Waals surface area contributed by atoms with Crippen molar-refractivity contribution < 1.29 is 62.6 Å². The number of carbonyl (C=O) groups excluding carboxylic acids is 11. The minimum Gasteiger partial charge on any atom is -0.479 e. The first-order valence-corrected chi connectivity index (χ1v) is 35.6. The summed E-state index contributed by atoms with van der Waals surface area (Å²) in [5.41, 5.74) is 5.46. The van der Waals surface area contributed by atoms with Crippen LogP contribution in [0.5, 0.6) is 0 Å². The first kappa shape index (κ1) is 77.2. The van der Waals surface area contributed by atoms with Crippen LogP contribution in [0.3, 0.4) is 0 Å². The van der Waals surface area contributed by atoms with Crippen molar-refractivity contribution in [2.45, 2.75) is 203 Å². The Kier molecular flexibility index (Phi) is 26.9. The highest BCUT2D eigenvalue weighted by molar-refractivity contribution is 6.04. The summed E-state index contributed by atoms with van der Waals surface area (Å²) in [6.07, 6.45) is 3.04. The second kappa shape index (κ2) is 35.2. The maximum Gasteiger partial charge on any atom is 0.330 e. The minimum absolute atomic E-state index is 0.0498. The lowest BCUT2D eigenvalue weighted by Crippen LogP contribution is -2.62. The smallest absolute Gasteiger partial charge is 0.330 e. The van der Waals surface area contributed by atoms with E-state index in [2.05, 4.69) is 47.9 Å². The van der Waals surface area contributed by atoms with Gasteiger partial charge in [0.25, 0.3) is 0 Å². The summed E-state index contributed by atoms with van der Waals surface area (Å²) in [6, 6.07) is 27.0. The number of aliphatic carboxylic acids is 1. The summed E-state index contributed by atoms with van der Waals surface area (Å²) in [4.78, 5) is 173. The molecule has 25 heteroatoms. The molecule has 12 N–H and O–H groups in total. The van der Waals surface area contributed by atoms with Crippen LogP contribution in [0.2, 0.25) is 0 Å². The lowest BCUT2D eigenvalue weighted by Gasteiger charge is -2.33. The normalized spacial score (nSPS) is 23.1. The third-order valence-electron chi connectivity index (χ3n) is 20.1. The third kappa shape index (κ3) is 18.3. The maximum absolute atomic E-state index is 15.9. The molecule has 0 unspecified atom stereocenters. The lowest BCUT2D eigenvalue weighted by molar-refractivity contribution is -0.146. The topological polar surface area (TPSA) is 366 Å². The molecule has 2 aliphatic heterocycles. The zero-order chi connectivity index (χ0) is 73.3. The molecular formula is C76H102N12O13. The van der Waals surface area contributed by atoms with Crippen molar-refractivity contribution in [3.05, 3.63) is 144 Å². The van der Waals surface area contributed by atoms with Gasteiger partial charge in [0.2, 0.25) is 66.0 Å². The first-order valence-electron chi connectivity index (χ1n) is 35.6. The minimum atomic E-state index is -1.80. The van der Waals surface area contributed by atoms with Crippen molar-refractivity contribution in [3.8, 4) is 0 Å². The van der Waals surface area contributed by atoms with Crippen molar-refractivity contribution in [1.82, 2.24) is 57.7 Å². The molecular weight excluding hydrogens is 1290 g/mol. The van der Waals surface area contributed by atoms with Crippen LogP contribution >= 0.6 is 0 Å². The van der Waals surface area contributed by atoms with E-state index in [1.165, 1.54) is 9.80 Å². The molecule has 4 aromatic carbocycles. The van der Waals surface area contributed by atoms with Gasteiger partial charge in [-0.3, -0.25) is 52.7 Å². The Bertz CT molecular complexity index is 3450. The van der Waals surface area contributed by atoms with Gasteiger partial charge in [-0.25, -0.2) is 4.79 Å². The Morgan fingerprint density at radius 3 is 1.16 bits per heavy atom. The van der Waals surface area contributed by atoms with Gasteiger partial charge in [-0.1, -0.05) is 177 Å². The average Bonchev–Trinajstić information content (AvgIpc) is 1.53. The second-order valence-corrected chi connectivity index (χ2v) is 28.9. The van der Waals surface area contributed by atoms with E-state index in [4.69, 9.17) is 5.73 Å². The van der Waals surface area contributed by atoms with Crippen molar-refractivity contribution in [2.75, 3.05) is 26.2 Å². The molecule has 4 aromatic rings. The van der Waals surface area contributed by atoms with Gasteiger partial charge in [0.1, 0.15) is 47.8 Å². The molecule has 8 rings (SSSR count). The number of rotatable bonds is 37. The van der Waals surface area contributed by atoms with E-state index < -0.39 is 148 Å². The standard InChI is InChI=1S/C76H102N12O13/c1-45(2)41-55(82-65(91)53(33-21-37-78-43-89)80-69(95)63(77)47(5)6)71(97)87-39-23-35-57(87)67(93)85-75(59(49-25-13-9-14-26-49)60(75)50-27-15-10-16-28-50)73(99)84-64(48(7)8)70(96)81-54(34-22-38-79-44-90)66(92)83-56(42-46(3)4)72(98)88-40-24-36-58(88)68(94)86-76(74(100)101)61(51-29-17-11-18-30-51)62(76)52-31-19-12-20-32-52/h9-20,25-32,43-48,53-64H,21-24,33-42,77H2,1-8H3,(H,78,89)(H,79,90)(H,80,95)(H,81,96)(H,82,91)(H,83,92)(H,84,99)(H,85,93)(H,86,94)(H,100,101)/t53-,54-,55-,56-,57+,58+,59-,60-,61-,62-,63-,64-/m0/s1. The molecule has 101 heavy (non-hydrogen) atoms. The first-order chi connectivity index (χ1) is 48.3. The largest absolute Gasteiger partial charge is 0.479 e. The number of carboxylic acids is 1. The summed E-state index contributed by atoms with van der Waals surface area (Å²) in [6.45, 7) is 15.0. The Morgan fingerprint density at radius 2 is 0.822 bits per heavy atom. The molecule has 2 saturated heterocycles. The molecule has 2 saturated carbocycles. The Balaban J connectivity index is 1.04. The molecule has 0 aromatic heterocycles. The number of nitrogens with zero attached hydrogens (tertiary/aromatic N) is 2. The molecule has 2 aliphatic carbocycles. The monoisotopic (exact) mass is 1390 g/mol. The van der Waals surface area contributed by atoms with Crippen LogP contribution in [0, 0.1) is 23.7 Å². The van der Waals surface area contributed by atoms with E-state index in [1.807, 2.05) is 149 Å². The summed E-state index contributed by atoms with van der Waals surface area (Å²) in [7, 11) is 0. The third-order valence-corrected chi connectivity index (χ3v) is 20.1. The zero-order valence-electron chi connectivity index (χ0n) is 59.2. The van der Waals surface area contributed by atoms with Crippen molar-refractivity contribution in [1.29, 1.82) is 0 Å². The van der Waals surface area contributed by atoms with Crippen molar-refractivity contribution >= 4 is 72.0 Å². The van der Waals surface area contributed by atoms with Crippen LogP contribution in [-0.2, 0) is 57.5 Å². The van der Waals surface area contributed by atoms with Gasteiger partial charge in [0, 0.05) is 49.9 Å². The van der Waals surface area contributed by atoms with E-state index in [9.17, 15) is 38.7 Å². The second-order valence-electron chi connectivity index (χ2n) is 28.9. The number of carbonyl (C=O) groups is 12. The van der Waals surface area contributed by atoms with E-state index in [0.29, 0.717) is 43.2 Å². The van der Waals surface area contributed by atoms with Gasteiger partial charge in [0.15, 0.2) is 5.54 Å². The molecule has 4 aliphatic rings. The molecule has 11 amide bonds. The molecule has 12 atom stereocenters.